The lowest BCUT2D eigenvalue weighted by Crippen LogP contribution is -2.62. The molecule has 0 aliphatic carbocycles. The molecule has 0 atom stereocenters. The van der Waals surface area contributed by atoms with Gasteiger partial charge < -0.3 is 5.32 Å². The van der Waals surface area contributed by atoms with Gasteiger partial charge in [-0.25, -0.2) is 0 Å². The average molecular weight is 212 g/mol. The Kier molecular flexibility index (Phi) is 3.85. The van der Waals surface area contributed by atoms with Crippen LogP contribution in [-0.4, -0.2) is 41.8 Å². The molecule has 4 heteroatoms. The predicted octanol–water partition coefficient (Wildman–Crippen LogP) is 0.566. The molecule has 1 amide bonds. The number of piperazine rings is 1. The van der Waals surface area contributed by atoms with Gasteiger partial charge in [0, 0.05) is 19.5 Å². The molecule has 4 nitrogen and oxygen atoms in total. The van der Waals surface area contributed by atoms with Crippen LogP contribution in [0.2, 0.25) is 0 Å². The number of Topliss-reactive ketones (excluding diaryl/α,β-unsaturated/α-hetero) is 1. The largest absolute Gasteiger partial charge is 0.353 e. The van der Waals surface area contributed by atoms with Crippen molar-refractivity contribution in [2.24, 2.45) is 0 Å². The summed E-state index contributed by atoms with van der Waals surface area (Å²) in [5.41, 5.74) is -0.554. The van der Waals surface area contributed by atoms with E-state index in [0.717, 1.165) is 13.0 Å². The van der Waals surface area contributed by atoms with Crippen molar-refractivity contribution in [3.63, 3.8) is 0 Å². The summed E-state index contributed by atoms with van der Waals surface area (Å²) < 4.78 is 0. The Labute approximate surface area is 91.0 Å². The molecule has 0 bridgehead atoms. The van der Waals surface area contributed by atoms with Crippen LogP contribution in [0.15, 0.2) is 0 Å². The molecule has 1 aliphatic rings. The fourth-order valence-corrected chi connectivity index (χ4v) is 1.79. The van der Waals surface area contributed by atoms with Gasteiger partial charge in [0.1, 0.15) is 5.78 Å². The first-order valence-corrected chi connectivity index (χ1v) is 5.53. The van der Waals surface area contributed by atoms with Crippen molar-refractivity contribution < 1.29 is 9.59 Å². The maximum absolute atomic E-state index is 11.6. The van der Waals surface area contributed by atoms with Crippen molar-refractivity contribution in [2.45, 2.75) is 39.2 Å². The van der Waals surface area contributed by atoms with Crippen molar-refractivity contribution in [2.75, 3.05) is 19.6 Å². The molecule has 0 aromatic heterocycles. The zero-order chi connectivity index (χ0) is 11.5. The van der Waals surface area contributed by atoms with E-state index in [0.29, 0.717) is 19.5 Å². The molecule has 0 spiro atoms. The number of nitrogens with zero attached hydrogens (tertiary/aromatic N) is 1. The van der Waals surface area contributed by atoms with E-state index in [1.165, 1.54) is 0 Å². The highest BCUT2D eigenvalue weighted by atomic mass is 16.2. The van der Waals surface area contributed by atoms with Crippen LogP contribution >= 0.6 is 0 Å². The molecule has 0 saturated carbocycles. The summed E-state index contributed by atoms with van der Waals surface area (Å²) in [5, 5.41) is 2.82. The molecule has 1 saturated heterocycles. The summed E-state index contributed by atoms with van der Waals surface area (Å²) in [6, 6.07) is 0. The summed E-state index contributed by atoms with van der Waals surface area (Å²) in [6.45, 7) is 7.51. The van der Waals surface area contributed by atoms with Gasteiger partial charge in [-0.2, -0.15) is 0 Å². The maximum atomic E-state index is 11.6. The van der Waals surface area contributed by atoms with Crippen LogP contribution in [0.5, 0.6) is 0 Å². The molecule has 86 valence electrons. The highest BCUT2D eigenvalue weighted by Crippen LogP contribution is 2.17. The van der Waals surface area contributed by atoms with Crippen LogP contribution in [0.4, 0.5) is 0 Å². The lowest BCUT2D eigenvalue weighted by molar-refractivity contribution is -0.137. The molecule has 0 aromatic rings. The Hall–Kier alpha value is -0.900. The quantitative estimate of drug-likeness (QED) is 0.741. The Morgan fingerprint density at radius 1 is 1.53 bits per heavy atom. The first kappa shape index (κ1) is 12.2. The minimum absolute atomic E-state index is 0.0121. The molecule has 1 N–H and O–H groups in total. The van der Waals surface area contributed by atoms with Gasteiger partial charge in [-0.1, -0.05) is 6.92 Å². The molecule has 0 unspecified atom stereocenters. The Bertz CT molecular complexity index is 261. The molecular weight excluding hydrogens is 192 g/mol. The highest BCUT2D eigenvalue weighted by molar-refractivity contribution is 5.87. The molecule has 1 rings (SSSR count). The van der Waals surface area contributed by atoms with Crippen LogP contribution < -0.4 is 5.32 Å². The SMILES string of the molecule is CCCC(=O)CN1CCNC(=O)C1(C)C. The zero-order valence-electron chi connectivity index (χ0n) is 9.80. The number of hydrogen-bond donors (Lipinski definition) is 1. The zero-order valence-corrected chi connectivity index (χ0v) is 9.80. The van der Waals surface area contributed by atoms with Gasteiger partial charge in [-0.3, -0.25) is 14.5 Å². The summed E-state index contributed by atoms with van der Waals surface area (Å²) in [7, 11) is 0. The van der Waals surface area contributed by atoms with E-state index in [4.69, 9.17) is 0 Å². The molecule has 0 aromatic carbocycles. The number of carbonyl (C=O) groups excluding carboxylic acids is 2. The topological polar surface area (TPSA) is 49.4 Å². The van der Waals surface area contributed by atoms with Gasteiger partial charge in [0.25, 0.3) is 0 Å². The highest BCUT2D eigenvalue weighted by Gasteiger charge is 2.37. The van der Waals surface area contributed by atoms with E-state index in [2.05, 4.69) is 5.32 Å². The fraction of sp³-hybridized carbons (Fsp3) is 0.818. The fourth-order valence-electron chi connectivity index (χ4n) is 1.79. The second-order valence-electron chi connectivity index (χ2n) is 4.53. The Morgan fingerprint density at radius 3 is 2.80 bits per heavy atom. The van der Waals surface area contributed by atoms with E-state index in [1.54, 1.807) is 0 Å². The molecule has 0 radical (unpaired) electrons. The first-order chi connectivity index (χ1) is 6.98. The second kappa shape index (κ2) is 4.75. The van der Waals surface area contributed by atoms with Crippen LogP contribution in [-0.2, 0) is 9.59 Å². The molecule has 1 heterocycles. The lowest BCUT2D eigenvalue weighted by Gasteiger charge is -2.40. The van der Waals surface area contributed by atoms with Crippen LogP contribution in [0.25, 0.3) is 0 Å². The van der Waals surface area contributed by atoms with Crippen LogP contribution in [0.1, 0.15) is 33.6 Å². The van der Waals surface area contributed by atoms with Crippen molar-refractivity contribution >= 4 is 11.7 Å². The number of hydrogen-bond acceptors (Lipinski definition) is 3. The Balaban J connectivity index is 2.60. The van der Waals surface area contributed by atoms with Crippen molar-refractivity contribution in [1.29, 1.82) is 0 Å². The average Bonchev–Trinajstić information content (AvgIpc) is 2.14. The number of amides is 1. The Morgan fingerprint density at radius 2 is 2.20 bits per heavy atom. The van der Waals surface area contributed by atoms with Crippen LogP contribution in [0.3, 0.4) is 0 Å². The predicted molar refractivity (Wildman–Crippen MR) is 58.6 cm³/mol. The maximum Gasteiger partial charge on any atom is 0.240 e. The summed E-state index contributed by atoms with van der Waals surface area (Å²) in [6.07, 6.45) is 1.48. The van der Waals surface area contributed by atoms with E-state index in [1.807, 2.05) is 25.7 Å². The third-order valence-electron chi connectivity index (χ3n) is 2.91. The molecule has 1 aliphatic heterocycles. The second-order valence-corrected chi connectivity index (χ2v) is 4.53. The smallest absolute Gasteiger partial charge is 0.240 e. The summed E-state index contributed by atoms with van der Waals surface area (Å²) >= 11 is 0. The number of rotatable bonds is 4. The lowest BCUT2D eigenvalue weighted by atomic mass is 9.98. The van der Waals surface area contributed by atoms with Gasteiger partial charge >= 0.3 is 0 Å². The summed E-state index contributed by atoms with van der Waals surface area (Å²) in [5.74, 6) is 0.235. The van der Waals surface area contributed by atoms with E-state index in [-0.39, 0.29) is 11.7 Å². The van der Waals surface area contributed by atoms with Gasteiger partial charge in [0.15, 0.2) is 0 Å². The number of ketones is 1. The number of nitrogens with one attached hydrogen (secondary N) is 1. The summed E-state index contributed by atoms with van der Waals surface area (Å²) in [4.78, 5) is 25.1. The van der Waals surface area contributed by atoms with Gasteiger partial charge in [0.05, 0.1) is 12.1 Å². The van der Waals surface area contributed by atoms with E-state index < -0.39 is 5.54 Å². The molecule has 1 fully saturated rings. The van der Waals surface area contributed by atoms with Gasteiger partial charge in [-0.15, -0.1) is 0 Å². The third-order valence-corrected chi connectivity index (χ3v) is 2.91. The van der Waals surface area contributed by atoms with Crippen LogP contribution in [0, 0.1) is 0 Å². The van der Waals surface area contributed by atoms with E-state index in [9.17, 15) is 9.59 Å². The van der Waals surface area contributed by atoms with Crippen molar-refractivity contribution in [3.05, 3.63) is 0 Å². The van der Waals surface area contributed by atoms with Gasteiger partial charge in [-0.05, 0) is 20.3 Å². The van der Waals surface area contributed by atoms with Crippen molar-refractivity contribution in [1.82, 2.24) is 10.2 Å². The third kappa shape index (κ3) is 2.78. The molecule has 15 heavy (non-hydrogen) atoms. The molecular formula is C11H20N2O2. The minimum Gasteiger partial charge on any atom is -0.353 e. The first-order valence-electron chi connectivity index (χ1n) is 5.53. The van der Waals surface area contributed by atoms with Crippen molar-refractivity contribution in [3.8, 4) is 0 Å². The van der Waals surface area contributed by atoms with Gasteiger partial charge in [0.2, 0.25) is 5.91 Å². The standard InChI is InChI=1S/C11H20N2O2/c1-4-5-9(14)8-13-7-6-12-10(15)11(13,2)3/h4-8H2,1-3H3,(H,12,15). The monoisotopic (exact) mass is 212 g/mol. The normalized spacial score (nSPS) is 21.1. The van der Waals surface area contributed by atoms with E-state index >= 15 is 0 Å². The number of carbonyl (C=O) groups is 2. The minimum atomic E-state index is -0.554.